The van der Waals surface area contributed by atoms with Crippen molar-refractivity contribution in [3.05, 3.63) is 153 Å². The summed E-state index contributed by atoms with van der Waals surface area (Å²) in [5.74, 6) is -1.07. The number of hydrogen-bond donors (Lipinski definition) is 7. The van der Waals surface area contributed by atoms with E-state index < -0.39 is 30.1 Å². The number of amides is 1. The van der Waals surface area contributed by atoms with Crippen molar-refractivity contribution in [3.63, 3.8) is 0 Å². The van der Waals surface area contributed by atoms with Crippen molar-refractivity contribution in [2.75, 3.05) is 39.3 Å². The van der Waals surface area contributed by atoms with Crippen LogP contribution in [0.15, 0.2) is 120 Å². The summed E-state index contributed by atoms with van der Waals surface area (Å²) in [7, 11) is 0. The highest BCUT2D eigenvalue weighted by Gasteiger charge is 2.31. The van der Waals surface area contributed by atoms with Crippen LogP contribution in [0.1, 0.15) is 106 Å². The minimum Gasteiger partial charge on any atom is -0.489 e. The highest BCUT2D eigenvalue weighted by Crippen LogP contribution is 2.36. The standard InChI is InChI=1S/C30H33ClFN3O4.C16H23ClN2O2.C14H12FNO3.CH4/c31-25-17-22(7-12-28(25)39-24-9-10-24)29(36)27(18-35-13-1-2-14-35)33-30(37)26(34-38)11-4-19-3-5-21-16-23(32)8-6-20(21)15-19;17-13-9-11(3-6-15(13)21-12-4-5-12)16(20)14(18)10-19-7-1-2-8-19;15-12-5-4-10-7-9(1-3-11(10)8-12)2-6-13(16-19)14(17)18;/h3,5-8,12,15-17,24,27,29,36,38H,1-2,4,9-11,13-14,18H2,(H,33,37);3,6,9,12,14,16,20H,1-2,4-5,7-8,10,18H2;1,3-5,7-8,19H,2,6H2,(H,17,18);1H4/b34-26+;;16-13+;/t27-,29-;14-,16-;;/m11../s1. The number of oxime groups is 2. The second kappa shape index (κ2) is 29.3. The molecule has 6 aromatic carbocycles. The third-order valence-electron chi connectivity index (χ3n) is 14.4. The third kappa shape index (κ3) is 17.8. The van der Waals surface area contributed by atoms with Crippen molar-refractivity contribution >= 4 is 68.0 Å². The van der Waals surface area contributed by atoms with Crippen LogP contribution in [0.3, 0.4) is 0 Å². The molecule has 0 bridgehead atoms. The SMILES string of the molecule is C.N[C@H](CN1CCCC1)[C@H](O)c1ccc(OC2CC2)c(Cl)c1.O=C(N[C@H](CN1CCCC1)[C@H](O)c1ccc(OC2CC2)c(Cl)c1)/C(CCc1ccc2cc(F)ccc2c1)=N/O.O=C(O)/C(CCc1ccc2cc(F)ccc2c1)=N/O. The minimum absolute atomic E-state index is 0. The number of nitrogens with zero attached hydrogens (tertiary/aromatic N) is 4. The van der Waals surface area contributed by atoms with E-state index in [-0.39, 0.29) is 55.5 Å². The molecule has 2 saturated carbocycles. The number of rotatable bonds is 21. The molecular formula is C61H72Cl2F2N6O9. The van der Waals surface area contributed by atoms with E-state index in [0.717, 1.165) is 109 Å². The summed E-state index contributed by atoms with van der Waals surface area (Å²) in [6.45, 7) is 5.11. The van der Waals surface area contributed by atoms with Gasteiger partial charge in [-0.15, -0.1) is 0 Å². The van der Waals surface area contributed by atoms with Crippen LogP contribution >= 0.6 is 23.2 Å². The van der Waals surface area contributed by atoms with Crippen molar-refractivity contribution in [2.24, 2.45) is 16.0 Å². The Hall–Kier alpha value is -6.44. The molecule has 2 heterocycles. The monoisotopic (exact) mass is 1140 g/mol. The fourth-order valence-corrected chi connectivity index (χ4v) is 10.1. The van der Waals surface area contributed by atoms with Gasteiger partial charge in [0, 0.05) is 32.0 Å². The van der Waals surface area contributed by atoms with Gasteiger partial charge >= 0.3 is 5.97 Å². The number of likely N-dealkylation sites (tertiary alicyclic amines) is 2. The summed E-state index contributed by atoms with van der Waals surface area (Å²) in [6.07, 6.45) is 8.84. The lowest BCUT2D eigenvalue weighted by molar-refractivity contribution is -0.129. The number of halogens is 4. The van der Waals surface area contributed by atoms with Gasteiger partial charge in [0.2, 0.25) is 0 Å². The number of aliphatic hydroxyl groups is 2. The molecule has 4 fully saturated rings. The van der Waals surface area contributed by atoms with Crippen LogP contribution in [-0.4, -0.2) is 122 Å². The number of carboxylic acids is 1. The van der Waals surface area contributed by atoms with Crippen molar-refractivity contribution < 1.29 is 53.6 Å². The van der Waals surface area contributed by atoms with E-state index in [1.165, 1.54) is 37.1 Å². The van der Waals surface area contributed by atoms with E-state index in [0.29, 0.717) is 52.6 Å². The molecule has 6 aromatic rings. The fourth-order valence-electron chi connectivity index (χ4n) is 9.66. The van der Waals surface area contributed by atoms with Gasteiger partial charge < -0.3 is 56.1 Å². The maximum absolute atomic E-state index is 13.5. The van der Waals surface area contributed by atoms with Gasteiger partial charge in [-0.25, -0.2) is 13.6 Å². The molecule has 2 aliphatic heterocycles. The molecule has 0 unspecified atom stereocenters. The molecule has 80 heavy (non-hydrogen) atoms. The lowest BCUT2D eigenvalue weighted by Gasteiger charge is -2.29. The van der Waals surface area contributed by atoms with E-state index in [9.17, 15) is 33.8 Å². The van der Waals surface area contributed by atoms with Crippen molar-refractivity contribution in [3.8, 4) is 11.5 Å². The number of aryl methyl sites for hydroxylation is 2. The van der Waals surface area contributed by atoms with Gasteiger partial charge in [0.1, 0.15) is 34.9 Å². The zero-order valence-corrected chi connectivity index (χ0v) is 45.3. The van der Waals surface area contributed by atoms with Gasteiger partial charge in [-0.2, -0.15) is 0 Å². The summed E-state index contributed by atoms with van der Waals surface area (Å²) in [4.78, 5) is 28.4. The molecule has 4 atom stereocenters. The summed E-state index contributed by atoms with van der Waals surface area (Å²) >= 11 is 12.7. The molecule has 10 rings (SSSR count). The number of hydrogen-bond acceptors (Lipinski definition) is 13. The lowest BCUT2D eigenvalue weighted by Crippen LogP contribution is -2.48. The number of nitrogens with two attached hydrogens (primary N) is 1. The maximum Gasteiger partial charge on any atom is 0.353 e. The Balaban J connectivity index is 0.000000190. The normalized spacial score (nSPS) is 17.3. The van der Waals surface area contributed by atoms with E-state index in [2.05, 4.69) is 25.4 Å². The molecule has 15 nitrogen and oxygen atoms in total. The Morgan fingerprint density at radius 3 is 1.48 bits per heavy atom. The predicted octanol–water partition coefficient (Wildman–Crippen LogP) is 11.1. The average molecular weight is 1140 g/mol. The van der Waals surface area contributed by atoms with Crippen LogP contribution in [0.25, 0.3) is 21.5 Å². The largest absolute Gasteiger partial charge is 0.489 e. The predicted molar refractivity (Wildman–Crippen MR) is 309 cm³/mol. The van der Waals surface area contributed by atoms with E-state index in [4.69, 9.17) is 48.7 Å². The van der Waals surface area contributed by atoms with Gasteiger partial charge in [0.05, 0.1) is 34.4 Å². The molecule has 8 N–H and O–H groups in total. The quantitative estimate of drug-likeness (QED) is 0.0203. The highest BCUT2D eigenvalue weighted by molar-refractivity contribution is 6.38. The summed E-state index contributed by atoms with van der Waals surface area (Å²) < 4.78 is 38.0. The van der Waals surface area contributed by atoms with Crippen LogP contribution in [0.5, 0.6) is 11.5 Å². The molecule has 19 heteroatoms. The molecule has 2 aliphatic carbocycles. The van der Waals surface area contributed by atoms with Crippen LogP contribution < -0.4 is 20.5 Å². The van der Waals surface area contributed by atoms with Gasteiger partial charge in [0.25, 0.3) is 5.91 Å². The Kier molecular flexibility index (Phi) is 22.4. The Morgan fingerprint density at radius 2 is 1.04 bits per heavy atom. The van der Waals surface area contributed by atoms with E-state index >= 15 is 0 Å². The summed E-state index contributed by atoms with van der Waals surface area (Å²) in [5, 5.41) is 61.9. The van der Waals surface area contributed by atoms with E-state index in [1.54, 1.807) is 48.5 Å². The van der Waals surface area contributed by atoms with Crippen LogP contribution in [0.4, 0.5) is 8.78 Å². The Labute approximate surface area is 475 Å². The molecule has 4 aliphatic rings. The molecule has 0 spiro atoms. The minimum atomic E-state index is -1.23. The zero-order chi connectivity index (χ0) is 56.0. The maximum atomic E-state index is 13.5. The topological polar surface area (TPSA) is 223 Å². The zero-order valence-electron chi connectivity index (χ0n) is 43.8. The number of benzene rings is 6. The first-order chi connectivity index (χ1) is 38.1. The lowest BCUT2D eigenvalue weighted by atomic mass is 10.00. The number of nitrogens with one attached hydrogen (secondary N) is 1. The van der Waals surface area contributed by atoms with Gasteiger partial charge in [-0.1, -0.05) is 102 Å². The molecule has 428 valence electrons. The third-order valence-corrected chi connectivity index (χ3v) is 15.0. The second-order valence-electron chi connectivity index (χ2n) is 20.7. The highest BCUT2D eigenvalue weighted by atomic mass is 35.5. The number of carbonyl (C=O) groups excluding carboxylic acids is 1. The van der Waals surface area contributed by atoms with Gasteiger partial charge in [0.15, 0.2) is 5.71 Å². The fraction of sp³-hybridized carbons (Fsp3) is 0.410. The summed E-state index contributed by atoms with van der Waals surface area (Å²) in [5.41, 5.74) is 9.00. The average Bonchev–Trinajstić information content (AvgIpc) is 4.35. The molecule has 0 aromatic heterocycles. The Bertz CT molecular complexity index is 3110. The van der Waals surface area contributed by atoms with Crippen LogP contribution in [0, 0.1) is 11.6 Å². The number of ether oxygens (including phenoxy) is 2. The number of fused-ring (bicyclic) bond motifs is 2. The van der Waals surface area contributed by atoms with E-state index in [1.807, 2.05) is 36.4 Å². The van der Waals surface area contributed by atoms with Gasteiger partial charge in [-0.05, 0) is 183 Å². The first kappa shape index (κ1) is 61.2. The summed E-state index contributed by atoms with van der Waals surface area (Å²) in [6, 6.07) is 29.9. The first-order valence-corrected chi connectivity index (χ1v) is 27.7. The van der Waals surface area contributed by atoms with Crippen molar-refractivity contribution in [2.45, 2.75) is 121 Å². The van der Waals surface area contributed by atoms with Gasteiger partial charge in [-0.3, -0.25) is 4.79 Å². The first-order valence-electron chi connectivity index (χ1n) is 26.9. The van der Waals surface area contributed by atoms with Crippen LogP contribution in [-0.2, 0) is 22.4 Å². The smallest absolute Gasteiger partial charge is 0.353 e. The molecule has 2 saturated heterocycles. The molecular weight excluding hydrogens is 1070 g/mol. The van der Waals surface area contributed by atoms with Crippen LogP contribution in [0.2, 0.25) is 10.0 Å². The van der Waals surface area contributed by atoms with Crippen molar-refractivity contribution in [1.82, 2.24) is 15.1 Å². The number of aliphatic carboxylic acids is 1. The molecule has 0 radical (unpaired) electrons. The van der Waals surface area contributed by atoms with Crippen molar-refractivity contribution in [1.29, 1.82) is 0 Å². The number of carboxylic acid groups (broad SMARTS) is 1. The molecule has 1 amide bonds. The number of carbonyl (C=O) groups is 2. The Morgan fingerprint density at radius 1 is 0.613 bits per heavy atom. The number of aliphatic hydroxyl groups excluding tert-OH is 2. The second-order valence-corrected chi connectivity index (χ2v) is 21.5.